The highest BCUT2D eigenvalue weighted by Crippen LogP contribution is 2.24. The lowest BCUT2D eigenvalue weighted by molar-refractivity contribution is 0.0987. The van der Waals surface area contributed by atoms with Crippen LogP contribution < -0.4 is 10.2 Å². The van der Waals surface area contributed by atoms with Crippen molar-refractivity contribution in [1.29, 1.82) is 0 Å². The van der Waals surface area contributed by atoms with Gasteiger partial charge in [0.05, 0.1) is 16.3 Å². The van der Waals surface area contributed by atoms with Gasteiger partial charge in [-0.3, -0.25) is 4.79 Å². The summed E-state index contributed by atoms with van der Waals surface area (Å²) in [4.78, 5) is 17.9. The lowest BCUT2D eigenvalue weighted by Crippen LogP contribution is -2.31. The first-order valence-corrected chi connectivity index (χ1v) is 6.86. The molecule has 0 aliphatic rings. The number of hydrogen-bond acceptors (Lipinski definition) is 3. The normalized spacial score (nSPS) is 10.3. The minimum absolute atomic E-state index is 0.235. The number of hydrogen-bond donors (Lipinski definition) is 1. The van der Waals surface area contributed by atoms with Crippen molar-refractivity contribution in [3.05, 3.63) is 52.9 Å². The summed E-state index contributed by atoms with van der Waals surface area (Å²) in [5.74, 6) is -0.305. The Hall–Kier alpha value is -2.14. The Balaban J connectivity index is 2.37. The van der Waals surface area contributed by atoms with Gasteiger partial charge in [0.25, 0.3) is 5.91 Å². The number of nitrogens with zero attached hydrogens (tertiary/aromatic N) is 2. The van der Waals surface area contributed by atoms with Crippen molar-refractivity contribution in [3.63, 3.8) is 0 Å². The molecule has 6 heteroatoms. The van der Waals surface area contributed by atoms with E-state index in [0.29, 0.717) is 22.9 Å². The van der Waals surface area contributed by atoms with Gasteiger partial charge in [-0.15, -0.1) is 0 Å². The standard InChI is InChI=1S/C15H15ClFN3O/c1-3-20(13-7-5-4-6-12(13)17)15(21)10-8-11(16)14(18-2)19-9-10/h4-9H,3H2,1-2H3,(H,18,19). The second kappa shape index (κ2) is 6.54. The van der Waals surface area contributed by atoms with Gasteiger partial charge in [-0.1, -0.05) is 23.7 Å². The van der Waals surface area contributed by atoms with Crippen molar-refractivity contribution in [2.75, 3.05) is 23.8 Å². The number of benzene rings is 1. The molecule has 1 N–H and O–H groups in total. The van der Waals surface area contributed by atoms with Gasteiger partial charge in [-0.2, -0.15) is 0 Å². The van der Waals surface area contributed by atoms with E-state index in [1.807, 2.05) is 0 Å². The first-order chi connectivity index (χ1) is 10.1. The molecular weight excluding hydrogens is 293 g/mol. The molecule has 0 radical (unpaired) electrons. The zero-order valence-electron chi connectivity index (χ0n) is 11.7. The number of carbonyl (C=O) groups excluding carboxylic acids is 1. The van der Waals surface area contributed by atoms with E-state index in [1.165, 1.54) is 23.2 Å². The summed E-state index contributed by atoms with van der Waals surface area (Å²) >= 11 is 6.03. The largest absolute Gasteiger partial charge is 0.372 e. The Bertz CT molecular complexity index is 663. The molecule has 1 aromatic carbocycles. The SMILES string of the molecule is CCN(C(=O)c1cnc(NC)c(Cl)c1)c1ccccc1F. The van der Waals surface area contributed by atoms with Gasteiger partial charge in [-0.05, 0) is 25.1 Å². The number of amides is 1. The summed E-state index contributed by atoms with van der Waals surface area (Å²) in [7, 11) is 1.69. The van der Waals surface area contributed by atoms with Crippen LogP contribution in [0.15, 0.2) is 36.5 Å². The molecule has 4 nitrogen and oxygen atoms in total. The molecule has 2 aromatic rings. The summed E-state index contributed by atoms with van der Waals surface area (Å²) in [6.07, 6.45) is 1.42. The molecule has 0 bridgehead atoms. The summed E-state index contributed by atoms with van der Waals surface area (Å²) in [6, 6.07) is 7.67. The lowest BCUT2D eigenvalue weighted by atomic mass is 10.2. The number of nitrogens with one attached hydrogen (secondary N) is 1. The highest BCUT2D eigenvalue weighted by Gasteiger charge is 2.20. The molecule has 110 valence electrons. The Labute approximate surface area is 127 Å². The fourth-order valence-corrected chi connectivity index (χ4v) is 2.25. The van der Waals surface area contributed by atoms with Gasteiger partial charge >= 0.3 is 0 Å². The summed E-state index contributed by atoms with van der Waals surface area (Å²) in [5.41, 5.74) is 0.544. The Morgan fingerprint density at radius 2 is 2.14 bits per heavy atom. The fourth-order valence-electron chi connectivity index (χ4n) is 1.99. The van der Waals surface area contributed by atoms with Crippen molar-refractivity contribution in [2.45, 2.75) is 6.92 Å². The van der Waals surface area contributed by atoms with E-state index in [1.54, 1.807) is 32.2 Å². The zero-order chi connectivity index (χ0) is 15.4. The van der Waals surface area contributed by atoms with Crippen molar-refractivity contribution >= 4 is 29.0 Å². The lowest BCUT2D eigenvalue weighted by Gasteiger charge is -2.21. The Kier molecular flexibility index (Phi) is 4.75. The van der Waals surface area contributed by atoms with Crippen molar-refractivity contribution in [3.8, 4) is 0 Å². The zero-order valence-corrected chi connectivity index (χ0v) is 12.5. The number of aromatic nitrogens is 1. The molecule has 1 amide bonds. The minimum atomic E-state index is -0.446. The van der Waals surface area contributed by atoms with Crippen LogP contribution in [-0.4, -0.2) is 24.5 Å². The summed E-state index contributed by atoms with van der Waals surface area (Å²) < 4.78 is 13.9. The second-order valence-corrected chi connectivity index (χ2v) is 4.71. The van der Waals surface area contributed by atoms with Crippen LogP contribution in [0.25, 0.3) is 0 Å². The smallest absolute Gasteiger partial charge is 0.259 e. The molecule has 0 aliphatic heterocycles. The maximum absolute atomic E-state index is 13.9. The predicted molar refractivity (Wildman–Crippen MR) is 82.5 cm³/mol. The monoisotopic (exact) mass is 307 g/mol. The van der Waals surface area contributed by atoms with Crippen LogP contribution >= 0.6 is 11.6 Å². The average Bonchev–Trinajstić information content (AvgIpc) is 2.49. The van der Waals surface area contributed by atoms with E-state index >= 15 is 0 Å². The highest BCUT2D eigenvalue weighted by molar-refractivity contribution is 6.33. The van der Waals surface area contributed by atoms with E-state index in [-0.39, 0.29) is 11.6 Å². The number of carbonyl (C=O) groups is 1. The molecule has 1 heterocycles. The molecule has 0 saturated heterocycles. The number of pyridine rings is 1. The molecule has 0 fully saturated rings. The van der Waals surface area contributed by atoms with Crippen molar-refractivity contribution in [2.24, 2.45) is 0 Å². The van der Waals surface area contributed by atoms with Crippen LogP contribution in [0.4, 0.5) is 15.9 Å². The molecule has 0 spiro atoms. The topological polar surface area (TPSA) is 45.2 Å². The van der Waals surface area contributed by atoms with Crippen LogP contribution in [0, 0.1) is 5.82 Å². The molecule has 0 saturated carbocycles. The van der Waals surface area contributed by atoms with Crippen LogP contribution in [0.1, 0.15) is 17.3 Å². The highest BCUT2D eigenvalue weighted by atomic mass is 35.5. The molecule has 0 aliphatic carbocycles. The van der Waals surface area contributed by atoms with Gasteiger partial charge in [-0.25, -0.2) is 9.37 Å². The molecule has 0 unspecified atom stereocenters. The molecule has 0 atom stereocenters. The van der Waals surface area contributed by atoms with Gasteiger partial charge in [0, 0.05) is 19.8 Å². The van der Waals surface area contributed by atoms with E-state index in [2.05, 4.69) is 10.3 Å². The van der Waals surface area contributed by atoms with E-state index in [0.717, 1.165) is 0 Å². The third-order valence-electron chi connectivity index (χ3n) is 3.03. The summed E-state index contributed by atoms with van der Waals surface area (Å²) in [6.45, 7) is 2.12. The van der Waals surface area contributed by atoms with Gasteiger partial charge in [0.2, 0.25) is 0 Å². The van der Waals surface area contributed by atoms with Gasteiger partial charge < -0.3 is 10.2 Å². The first kappa shape index (κ1) is 15.3. The third kappa shape index (κ3) is 3.13. The Morgan fingerprint density at radius 3 is 2.71 bits per heavy atom. The average molecular weight is 308 g/mol. The van der Waals surface area contributed by atoms with E-state index in [9.17, 15) is 9.18 Å². The predicted octanol–water partition coefficient (Wildman–Crippen LogP) is 3.58. The van der Waals surface area contributed by atoms with Crippen molar-refractivity contribution < 1.29 is 9.18 Å². The number of halogens is 2. The van der Waals surface area contributed by atoms with Crippen LogP contribution in [-0.2, 0) is 0 Å². The fraction of sp³-hybridized carbons (Fsp3) is 0.200. The van der Waals surface area contributed by atoms with Crippen LogP contribution in [0.5, 0.6) is 0 Å². The summed E-state index contributed by atoms with van der Waals surface area (Å²) in [5, 5.41) is 3.16. The molecular formula is C15H15ClFN3O. The van der Waals surface area contributed by atoms with Crippen LogP contribution in [0.2, 0.25) is 5.02 Å². The number of rotatable bonds is 4. The quantitative estimate of drug-likeness (QED) is 0.939. The van der Waals surface area contributed by atoms with E-state index in [4.69, 9.17) is 11.6 Å². The molecule has 1 aromatic heterocycles. The first-order valence-electron chi connectivity index (χ1n) is 6.48. The van der Waals surface area contributed by atoms with Gasteiger partial charge in [0.15, 0.2) is 0 Å². The maximum Gasteiger partial charge on any atom is 0.259 e. The Morgan fingerprint density at radius 1 is 1.43 bits per heavy atom. The maximum atomic E-state index is 13.9. The van der Waals surface area contributed by atoms with Crippen LogP contribution in [0.3, 0.4) is 0 Å². The minimum Gasteiger partial charge on any atom is -0.372 e. The number of para-hydroxylation sites is 1. The second-order valence-electron chi connectivity index (χ2n) is 4.31. The van der Waals surface area contributed by atoms with E-state index < -0.39 is 5.82 Å². The van der Waals surface area contributed by atoms with Gasteiger partial charge in [0.1, 0.15) is 11.6 Å². The molecule has 2 rings (SSSR count). The third-order valence-corrected chi connectivity index (χ3v) is 3.32. The molecule has 21 heavy (non-hydrogen) atoms. The number of anilines is 2. The van der Waals surface area contributed by atoms with Crippen molar-refractivity contribution in [1.82, 2.24) is 4.98 Å².